The van der Waals surface area contributed by atoms with Crippen LogP contribution in [0.5, 0.6) is 0 Å². The SMILES string of the molecule is CC.Cc1cc2c(=O)[nH]ccn2c1. The summed E-state index contributed by atoms with van der Waals surface area (Å²) in [5.74, 6) is 0. The fourth-order valence-electron chi connectivity index (χ4n) is 1.19. The van der Waals surface area contributed by atoms with Gasteiger partial charge in [0.15, 0.2) is 0 Å². The summed E-state index contributed by atoms with van der Waals surface area (Å²) < 4.78 is 1.81. The maximum absolute atomic E-state index is 11.1. The van der Waals surface area contributed by atoms with Gasteiger partial charge in [-0.05, 0) is 18.6 Å². The highest BCUT2D eigenvalue weighted by atomic mass is 16.1. The molecule has 2 rings (SSSR count). The van der Waals surface area contributed by atoms with E-state index in [0.717, 1.165) is 5.56 Å². The van der Waals surface area contributed by atoms with Gasteiger partial charge in [0.25, 0.3) is 5.56 Å². The Bertz CT molecular complexity index is 439. The Hall–Kier alpha value is -1.51. The van der Waals surface area contributed by atoms with Gasteiger partial charge in [0.2, 0.25) is 0 Å². The van der Waals surface area contributed by atoms with Crippen LogP contribution in [0, 0.1) is 6.92 Å². The average Bonchev–Trinajstić information content (AvgIpc) is 2.51. The molecule has 2 aromatic rings. The van der Waals surface area contributed by atoms with Crippen molar-refractivity contribution in [3.05, 3.63) is 40.6 Å². The molecule has 2 aromatic heterocycles. The number of hydrogen-bond donors (Lipinski definition) is 1. The third-order valence-electron chi connectivity index (χ3n) is 1.67. The van der Waals surface area contributed by atoms with E-state index in [0.29, 0.717) is 5.52 Å². The number of H-pyrrole nitrogens is 1. The van der Waals surface area contributed by atoms with Crippen LogP contribution in [0.3, 0.4) is 0 Å². The highest BCUT2D eigenvalue weighted by Gasteiger charge is 1.96. The lowest BCUT2D eigenvalue weighted by atomic mass is 10.4. The van der Waals surface area contributed by atoms with E-state index in [9.17, 15) is 4.79 Å². The molecule has 0 aliphatic heterocycles. The number of aromatic amines is 1. The molecule has 0 fully saturated rings. The van der Waals surface area contributed by atoms with Gasteiger partial charge >= 0.3 is 0 Å². The van der Waals surface area contributed by atoms with E-state index in [1.807, 2.05) is 43.6 Å². The predicted molar refractivity (Wildman–Crippen MR) is 54.1 cm³/mol. The molecule has 0 bridgehead atoms. The highest BCUT2D eigenvalue weighted by molar-refractivity contribution is 5.47. The Kier molecular flexibility index (Phi) is 2.90. The van der Waals surface area contributed by atoms with E-state index < -0.39 is 0 Å². The number of fused-ring (bicyclic) bond motifs is 1. The summed E-state index contributed by atoms with van der Waals surface area (Å²) in [5.41, 5.74) is 1.76. The summed E-state index contributed by atoms with van der Waals surface area (Å²) in [6.07, 6.45) is 5.38. The molecule has 3 heteroatoms. The topological polar surface area (TPSA) is 37.3 Å². The van der Waals surface area contributed by atoms with Crippen LogP contribution in [-0.2, 0) is 0 Å². The standard InChI is InChI=1S/C8H8N2O.C2H6/c1-6-4-7-8(11)9-2-3-10(7)5-6;1-2/h2-5H,1H3,(H,9,11);1-2H3. The fraction of sp³-hybridized carbons (Fsp3) is 0.300. The van der Waals surface area contributed by atoms with Crippen molar-refractivity contribution in [1.82, 2.24) is 9.38 Å². The summed E-state index contributed by atoms with van der Waals surface area (Å²) in [7, 11) is 0. The molecule has 0 atom stereocenters. The van der Waals surface area contributed by atoms with Gasteiger partial charge in [-0.3, -0.25) is 4.79 Å². The first-order valence-electron chi connectivity index (χ1n) is 4.43. The number of hydrogen-bond acceptors (Lipinski definition) is 1. The molecule has 1 N–H and O–H groups in total. The van der Waals surface area contributed by atoms with E-state index >= 15 is 0 Å². The second-order valence-electron chi connectivity index (χ2n) is 2.60. The molecule has 0 unspecified atom stereocenters. The molecule has 0 aromatic carbocycles. The largest absolute Gasteiger partial charge is 0.326 e. The van der Waals surface area contributed by atoms with Crippen LogP contribution in [0.4, 0.5) is 0 Å². The summed E-state index contributed by atoms with van der Waals surface area (Å²) in [6.45, 7) is 5.96. The summed E-state index contributed by atoms with van der Waals surface area (Å²) in [5, 5.41) is 0. The monoisotopic (exact) mass is 178 g/mol. The Morgan fingerprint density at radius 1 is 1.38 bits per heavy atom. The molecular formula is C10H14N2O. The van der Waals surface area contributed by atoms with Crippen LogP contribution in [0.15, 0.2) is 29.5 Å². The maximum Gasteiger partial charge on any atom is 0.272 e. The van der Waals surface area contributed by atoms with Crippen molar-refractivity contribution in [2.24, 2.45) is 0 Å². The third-order valence-corrected chi connectivity index (χ3v) is 1.67. The van der Waals surface area contributed by atoms with E-state index in [1.54, 1.807) is 6.20 Å². The number of aryl methyl sites for hydroxylation is 1. The van der Waals surface area contributed by atoms with Crippen molar-refractivity contribution < 1.29 is 0 Å². The summed E-state index contributed by atoms with van der Waals surface area (Å²) in [6, 6.07) is 1.86. The zero-order chi connectivity index (χ0) is 9.84. The smallest absolute Gasteiger partial charge is 0.272 e. The van der Waals surface area contributed by atoms with Crippen LogP contribution in [0.25, 0.3) is 5.52 Å². The van der Waals surface area contributed by atoms with Crippen LogP contribution >= 0.6 is 0 Å². The lowest BCUT2D eigenvalue weighted by Crippen LogP contribution is -2.06. The molecule has 2 heterocycles. The Morgan fingerprint density at radius 2 is 2.08 bits per heavy atom. The Morgan fingerprint density at radius 3 is 2.69 bits per heavy atom. The van der Waals surface area contributed by atoms with Crippen molar-refractivity contribution >= 4 is 5.52 Å². The zero-order valence-electron chi connectivity index (χ0n) is 8.16. The van der Waals surface area contributed by atoms with Crippen LogP contribution in [0.2, 0.25) is 0 Å². The highest BCUT2D eigenvalue weighted by Crippen LogP contribution is 2.02. The quantitative estimate of drug-likeness (QED) is 0.658. The normalized spacial score (nSPS) is 9.46. The molecular weight excluding hydrogens is 164 g/mol. The van der Waals surface area contributed by atoms with Crippen LogP contribution in [-0.4, -0.2) is 9.38 Å². The van der Waals surface area contributed by atoms with Gasteiger partial charge in [0, 0.05) is 18.6 Å². The van der Waals surface area contributed by atoms with Crippen molar-refractivity contribution in [3.8, 4) is 0 Å². The lowest BCUT2D eigenvalue weighted by molar-refractivity contribution is 1.10. The Labute approximate surface area is 77.0 Å². The first-order valence-corrected chi connectivity index (χ1v) is 4.43. The maximum atomic E-state index is 11.1. The Balaban J connectivity index is 0.000000396. The van der Waals surface area contributed by atoms with Gasteiger partial charge in [0.05, 0.1) is 0 Å². The minimum Gasteiger partial charge on any atom is -0.326 e. The van der Waals surface area contributed by atoms with Gasteiger partial charge in [-0.15, -0.1) is 0 Å². The molecule has 13 heavy (non-hydrogen) atoms. The number of nitrogens with zero attached hydrogens (tertiary/aromatic N) is 1. The zero-order valence-corrected chi connectivity index (χ0v) is 8.16. The molecule has 0 saturated carbocycles. The number of rotatable bonds is 0. The third kappa shape index (κ3) is 1.80. The minimum absolute atomic E-state index is 0.0411. The second kappa shape index (κ2) is 3.94. The molecule has 0 amide bonds. The van der Waals surface area contributed by atoms with E-state index in [2.05, 4.69) is 4.98 Å². The first-order chi connectivity index (χ1) is 6.27. The van der Waals surface area contributed by atoms with Crippen LogP contribution < -0.4 is 5.56 Å². The van der Waals surface area contributed by atoms with Gasteiger partial charge in [-0.25, -0.2) is 0 Å². The van der Waals surface area contributed by atoms with Crippen molar-refractivity contribution in [2.45, 2.75) is 20.8 Å². The molecule has 0 aliphatic carbocycles. The molecule has 0 radical (unpaired) electrons. The minimum atomic E-state index is -0.0411. The van der Waals surface area contributed by atoms with Crippen molar-refractivity contribution in [3.63, 3.8) is 0 Å². The molecule has 0 saturated heterocycles. The average molecular weight is 178 g/mol. The van der Waals surface area contributed by atoms with Gasteiger partial charge < -0.3 is 9.38 Å². The van der Waals surface area contributed by atoms with Crippen molar-refractivity contribution in [2.75, 3.05) is 0 Å². The first kappa shape index (κ1) is 9.58. The second-order valence-corrected chi connectivity index (χ2v) is 2.60. The van der Waals surface area contributed by atoms with E-state index in [1.165, 1.54) is 0 Å². The van der Waals surface area contributed by atoms with Crippen LogP contribution in [0.1, 0.15) is 19.4 Å². The molecule has 0 aliphatic rings. The predicted octanol–water partition coefficient (Wildman–Crippen LogP) is 1.96. The van der Waals surface area contributed by atoms with Gasteiger partial charge in [0.1, 0.15) is 5.52 Å². The van der Waals surface area contributed by atoms with Gasteiger partial charge in [-0.2, -0.15) is 0 Å². The fourth-order valence-corrected chi connectivity index (χ4v) is 1.19. The summed E-state index contributed by atoms with van der Waals surface area (Å²) >= 11 is 0. The number of aromatic nitrogens is 2. The van der Waals surface area contributed by atoms with Crippen molar-refractivity contribution in [1.29, 1.82) is 0 Å². The van der Waals surface area contributed by atoms with E-state index in [-0.39, 0.29) is 5.56 Å². The van der Waals surface area contributed by atoms with E-state index in [4.69, 9.17) is 0 Å². The van der Waals surface area contributed by atoms with Gasteiger partial charge in [-0.1, -0.05) is 13.8 Å². The summed E-state index contributed by atoms with van der Waals surface area (Å²) in [4.78, 5) is 13.7. The molecule has 3 nitrogen and oxygen atoms in total. The number of nitrogens with one attached hydrogen (secondary N) is 1. The lowest BCUT2D eigenvalue weighted by Gasteiger charge is -1.88. The molecule has 70 valence electrons. The molecule has 0 spiro atoms.